The first-order valence-corrected chi connectivity index (χ1v) is 9.83. The van der Waals surface area contributed by atoms with Crippen molar-refractivity contribution in [2.24, 2.45) is 4.99 Å². The van der Waals surface area contributed by atoms with Gasteiger partial charge in [0.1, 0.15) is 17.4 Å². The second kappa shape index (κ2) is 7.98. The molecule has 0 spiro atoms. The zero-order chi connectivity index (χ0) is 18.6. The summed E-state index contributed by atoms with van der Waals surface area (Å²) in [4.78, 5) is 8.85. The average Bonchev–Trinajstić information content (AvgIpc) is 3.01. The van der Waals surface area contributed by atoms with Gasteiger partial charge in [-0.2, -0.15) is 5.10 Å². The minimum atomic E-state index is 0.297. The van der Waals surface area contributed by atoms with E-state index in [1.165, 1.54) is 6.42 Å². The second-order valence-corrected chi connectivity index (χ2v) is 7.34. The van der Waals surface area contributed by atoms with Gasteiger partial charge in [0.15, 0.2) is 5.96 Å². The molecule has 2 aromatic rings. The number of guanidine groups is 1. The Labute approximate surface area is 160 Å². The summed E-state index contributed by atoms with van der Waals surface area (Å²) in [6.45, 7) is 3.44. The number of aromatic nitrogens is 3. The van der Waals surface area contributed by atoms with E-state index < -0.39 is 0 Å². The van der Waals surface area contributed by atoms with Crippen LogP contribution < -0.4 is 15.4 Å². The van der Waals surface area contributed by atoms with Gasteiger partial charge >= 0.3 is 0 Å². The van der Waals surface area contributed by atoms with Crippen LogP contribution in [0.2, 0.25) is 0 Å². The predicted molar refractivity (Wildman–Crippen MR) is 105 cm³/mol. The number of nitrogens with zero attached hydrogens (tertiary/aromatic N) is 4. The second-order valence-electron chi connectivity index (χ2n) is 7.34. The molecule has 0 bridgehead atoms. The van der Waals surface area contributed by atoms with Crippen LogP contribution in [0, 0.1) is 6.92 Å². The third-order valence-electron chi connectivity index (χ3n) is 5.29. The lowest BCUT2D eigenvalue weighted by atomic mass is 9.96. The van der Waals surface area contributed by atoms with Crippen LogP contribution in [0.15, 0.2) is 29.3 Å². The van der Waals surface area contributed by atoms with Crippen molar-refractivity contribution in [3.05, 3.63) is 41.5 Å². The smallest absolute Gasteiger partial charge is 0.191 e. The molecule has 144 valence electrons. The third-order valence-corrected chi connectivity index (χ3v) is 5.29. The van der Waals surface area contributed by atoms with Crippen LogP contribution in [-0.2, 0) is 19.5 Å². The Morgan fingerprint density at radius 1 is 1.30 bits per heavy atom. The number of para-hydroxylation sites is 1. The number of rotatable bonds is 5. The predicted octanol–water partition coefficient (Wildman–Crippen LogP) is 2.20. The Balaban J connectivity index is 1.33. The standard InChI is InChI=1S/C20H28N6O/c1-14-23-19-11-10-16(13-26(19)25-14)24-20(21-2)22-12-15-6-3-4-9-18(15)27-17-7-5-8-17/h3-4,6,9,16-17H,5,7-8,10-13H2,1-2H3,(H2,21,22,24). The molecule has 1 aromatic carbocycles. The van der Waals surface area contributed by atoms with Crippen molar-refractivity contribution < 1.29 is 4.74 Å². The van der Waals surface area contributed by atoms with Gasteiger partial charge in [-0.05, 0) is 38.7 Å². The Kier molecular flexibility index (Phi) is 5.27. The summed E-state index contributed by atoms with van der Waals surface area (Å²) in [5, 5.41) is 11.4. The number of aryl methyl sites for hydroxylation is 2. The Hall–Kier alpha value is -2.57. The lowest BCUT2D eigenvalue weighted by Crippen LogP contribution is -2.46. The molecule has 0 amide bonds. The van der Waals surface area contributed by atoms with E-state index in [1.807, 2.05) is 17.7 Å². The summed E-state index contributed by atoms with van der Waals surface area (Å²) in [6, 6.07) is 8.55. The van der Waals surface area contributed by atoms with Crippen LogP contribution in [0.25, 0.3) is 0 Å². The van der Waals surface area contributed by atoms with Crippen LogP contribution in [-0.4, -0.2) is 39.9 Å². The highest BCUT2D eigenvalue weighted by Crippen LogP contribution is 2.27. The molecule has 2 N–H and O–H groups in total. The number of hydrogen-bond acceptors (Lipinski definition) is 4. The first-order chi connectivity index (χ1) is 13.2. The van der Waals surface area contributed by atoms with Gasteiger partial charge in [-0.3, -0.25) is 4.99 Å². The molecule has 7 heteroatoms. The lowest BCUT2D eigenvalue weighted by molar-refractivity contribution is 0.119. The third kappa shape index (κ3) is 4.23. The van der Waals surface area contributed by atoms with Gasteiger partial charge in [0.05, 0.1) is 12.6 Å². The molecule has 1 aliphatic carbocycles. The SMILES string of the molecule is CN=C(NCc1ccccc1OC1CCC1)NC1CCc2nc(C)nn2C1. The Bertz CT molecular complexity index is 811. The Morgan fingerprint density at radius 2 is 2.15 bits per heavy atom. The molecule has 1 aliphatic heterocycles. The van der Waals surface area contributed by atoms with Crippen molar-refractivity contribution in [1.82, 2.24) is 25.4 Å². The zero-order valence-corrected chi connectivity index (χ0v) is 16.1. The van der Waals surface area contributed by atoms with Crippen molar-refractivity contribution >= 4 is 5.96 Å². The van der Waals surface area contributed by atoms with E-state index in [9.17, 15) is 0 Å². The average molecular weight is 368 g/mol. The van der Waals surface area contributed by atoms with E-state index in [2.05, 4.69) is 43.9 Å². The number of aliphatic imine (C=N–C) groups is 1. The van der Waals surface area contributed by atoms with Gasteiger partial charge in [0, 0.05) is 31.6 Å². The van der Waals surface area contributed by atoms with Gasteiger partial charge in [-0.15, -0.1) is 0 Å². The van der Waals surface area contributed by atoms with E-state index in [0.717, 1.165) is 61.1 Å². The molecule has 1 atom stereocenters. The van der Waals surface area contributed by atoms with Crippen LogP contribution in [0.3, 0.4) is 0 Å². The number of fused-ring (bicyclic) bond motifs is 1. The number of benzene rings is 1. The van der Waals surface area contributed by atoms with Gasteiger partial charge in [0.2, 0.25) is 0 Å². The maximum atomic E-state index is 6.12. The summed E-state index contributed by atoms with van der Waals surface area (Å²) in [5.41, 5.74) is 1.16. The summed E-state index contributed by atoms with van der Waals surface area (Å²) < 4.78 is 8.13. The largest absolute Gasteiger partial charge is 0.490 e. The van der Waals surface area contributed by atoms with Crippen LogP contribution >= 0.6 is 0 Å². The topological polar surface area (TPSA) is 76.4 Å². The highest BCUT2D eigenvalue weighted by Gasteiger charge is 2.22. The molecule has 1 fully saturated rings. The molecule has 1 saturated carbocycles. The fraction of sp³-hybridized carbons (Fsp3) is 0.550. The molecule has 27 heavy (non-hydrogen) atoms. The number of ether oxygens (including phenoxy) is 1. The van der Waals surface area contributed by atoms with E-state index in [1.54, 1.807) is 7.05 Å². The van der Waals surface area contributed by atoms with E-state index in [0.29, 0.717) is 18.7 Å². The molecule has 7 nitrogen and oxygen atoms in total. The first kappa shape index (κ1) is 17.8. The van der Waals surface area contributed by atoms with Crippen molar-refractivity contribution in [3.63, 3.8) is 0 Å². The number of nitrogens with one attached hydrogen (secondary N) is 2. The molecular weight excluding hydrogens is 340 g/mol. The van der Waals surface area contributed by atoms with Crippen molar-refractivity contribution in [3.8, 4) is 5.75 Å². The highest BCUT2D eigenvalue weighted by atomic mass is 16.5. The molecule has 1 unspecified atom stereocenters. The Morgan fingerprint density at radius 3 is 2.93 bits per heavy atom. The lowest BCUT2D eigenvalue weighted by Gasteiger charge is -2.28. The van der Waals surface area contributed by atoms with Crippen LogP contribution in [0.5, 0.6) is 5.75 Å². The van der Waals surface area contributed by atoms with E-state index in [4.69, 9.17) is 4.74 Å². The minimum Gasteiger partial charge on any atom is -0.490 e. The van der Waals surface area contributed by atoms with E-state index >= 15 is 0 Å². The molecule has 2 heterocycles. The minimum absolute atomic E-state index is 0.297. The zero-order valence-electron chi connectivity index (χ0n) is 16.1. The van der Waals surface area contributed by atoms with Crippen molar-refractivity contribution in [2.45, 2.75) is 64.3 Å². The quantitative estimate of drug-likeness (QED) is 0.625. The van der Waals surface area contributed by atoms with Crippen molar-refractivity contribution in [1.29, 1.82) is 0 Å². The fourth-order valence-corrected chi connectivity index (χ4v) is 3.55. The van der Waals surface area contributed by atoms with E-state index in [-0.39, 0.29) is 0 Å². The normalized spacial score (nSPS) is 19.9. The molecule has 4 rings (SSSR count). The molecule has 1 aromatic heterocycles. The summed E-state index contributed by atoms with van der Waals surface area (Å²) >= 11 is 0. The van der Waals surface area contributed by atoms with Crippen molar-refractivity contribution in [2.75, 3.05) is 7.05 Å². The van der Waals surface area contributed by atoms with Gasteiger partial charge < -0.3 is 15.4 Å². The monoisotopic (exact) mass is 368 g/mol. The molecule has 0 saturated heterocycles. The number of hydrogen-bond donors (Lipinski definition) is 2. The fourth-order valence-electron chi connectivity index (χ4n) is 3.55. The maximum absolute atomic E-state index is 6.12. The maximum Gasteiger partial charge on any atom is 0.191 e. The summed E-state index contributed by atoms with van der Waals surface area (Å²) in [6.07, 6.45) is 5.95. The summed E-state index contributed by atoms with van der Waals surface area (Å²) in [7, 11) is 1.81. The summed E-state index contributed by atoms with van der Waals surface area (Å²) in [5.74, 6) is 3.70. The molecular formula is C20H28N6O. The van der Waals surface area contributed by atoms with Gasteiger partial charge in [-0.25, -0.2) is 9.67 Å². The van der Waals surface area contributed by atoms with Crippen LogP contribution in [0.4, 0.5) is 0 Å². The van der Waals surface area contributed by atoms with Crippen LogP contribution in [0.1, 0.15) is 42.9 Å². The van der Waals surface area contributed by atoms with Gasteiger partial charge in [-0.1, -0.05) is 18.2 Å². The molecule has 2 aliphatic rings. The first-order valence-electron chi connectivity index (χ1n) is 9.83. The highest BCUT2D eigenvalue weighted by molar-refractivity contribution is 5.80. The van der Waals surface area contributed by atoms with Gasteiger partial charge in [0.25, 0.3) is 0 Å². The molecule has 0 radical (unpaired) electrons.